The second-order valence-corrected chi connectivity index (χ2v) is 8.46. The SMILES string of the molecule is COc1ccc(-c2nc3ccccc3[nH]2)c(NS(=O)(=O)c2ccc(OCC(=O)O)cc2)c1. The van der Waals surface area contributed by atoms with Crippen LogP contribution in [0.1, 0.15) is 0 Å². The van der Waals surface area contributed by atoms with Gasteiger partial charge in [-0.3, -0.25) is 4.72 Å². The monoisotopic (exact) mass is 453 g/mol. The first-order valence-electron chi connectivity index (χ1n) is 9.46. The Kier molecular flexibility index (Phi) is 5.69. The Morgan fingerprint density at radius 1 is 1.06 bits per heavy atom. The van der Waals surface area contributed by atoms with Crippen LogP contribution < -0.4 is 14.2 Å². The van der Waals surface area contributed by atoms with Crippen LogP contribution in [0.5, 0.6) is 11.5 Å². The summed E-state index contributed by atoms with van der Waals surface area (Å²) >= 11 is 0. The summed E-state index contributed by atoms with van der Waals surface area (Å²) < 4.78 is 38.9. The number of sulfonamides is 1. The van der Waals surface area contributed by atoms with E-state index in [0.717, 1.165) is 11.0 Å². The van der Waals surface area contributed by atoms with Crippen LogP contribution in [0.3, 0.4) is 0 Å². The van der Waals surface area contributed by atoms with Crippen LogP contribution in [0, 0.1) is 0 Å². The molecule has 3 aromatic carbocycles. The Morgan fingerprint density at radius 3 is 2.47 bits per heavy atom. The number of rotatable bonds is 8. The number of para-hydroxylation sites is 2. The standard InChI is InChI=1S/C22H19N3O6S/c1-30-15-8-11-17(22-23-18-4-2-3-5-19(18)24-22)20(12-15)25-32(28,29)16-9-6-14(7-10-16)31-13-21(26)27/h2-12,25H,13H2,1H3,(H,23,24)(H,26,27). The summed E-state index contributed by atoms with van der Waals surface area (Å²) in [7, 11) is -2.48. The average molecular weight is 453 g/mol. The van der Waals surface area contributed by atoms with Gasteiger partial charge in [0.15, 0.2) is 6.61 Å². The van der Waals surface area contributed by atoms with E-state index in [2.05, 4.69) is 14.7 Å². The Labute approximate surface area is 183 Å². The number of nitrogens with one attached hydrogen (secondary N) is 2. The Balaban J connectivity index is 1.67. The molecule has 32 heavy (non-hydrogen) atoms. The first-order valence-corrected chi connectivity index (χ1v) is 10.9. The first kappa shape index (κ1) is 21.2. The molecule has 0 radical (unpaired) electrons. The van der Waals surface area contributed by atoms with Crippen molar-refractivity contribution in [3.05, 3.63) is 66.7 Å². The Hall–Kier alpha value is -4.05. The van der Waals surface area contributed by atoms with Crippen molar-refractivity contribution in [1.29, 1.82) is 0 Å². The van der Waals surface area contributed by atoms with Crippen molar-refractivity contribution in [2.24, 2.45) is 0 Å². The molecule has 0 aliphatic carbocycles. The van der Waals surface area contributed by atoms with E-state index in [-0.39, 0.29) is 16.3 Å². The number of H-pyrrole nitrogens is 1. The fourth-order valence-corrected chi connectivity index (χ4v) is 4.16. The number of methoxy groups -OCH3 is 1. The minimum absolute atomic E-state index is 0.0152. The predicted molar refractivity (Wildman–Crippen MR) is 118 cm³/mol. The molecule has 0 atom stereocenters. The van der Waals surface area contributed by atoms with Crippen LogP contribution in [0.4, 0.5) is 5.69 Å². The number of aromatic nitrogens is 2. The molecule has 0 spiro atoms. The lowest BCUT2D eigenvalue weighted by Crippen LogP contribution is -2.14. The summed E-state index contributed by atoms with van der Waals surface area (Å²) in [5.41, 5.74) is 2.41. The third-order valence-electron chi connectivity index (χ3n) is 4.61. The molecule has 0 amide bonds. The number of nitrogens with zero attached hydrogens (tertiary/aromatic N) is 1. The van der Waals surface area contributed by atoms with Gasteiger partial charge in [0, 0.05) is 11.6 Å². The highest BCUT2D eigenvalue weighted by atomic mass is 32.2. The zero-order valence-electron chi connectivity index (χ0n) is 16.9. The molecule has 0 aliphatic rings. The van der Waals surface area contributed by atoms with Gasteiger partial charge in [0.2, 0.25) is 0 Å². The highest BCUT2D eigenvalue weighted by Crippen LogP contribution is 2.33. The van der Waals surface area contributed by atoms with Gasteiger partial charge in [-0.25, -0.2) is 18.2 Å². The number of aliphatic carboxylic acids is 1. The maximum atomic E-state index is 13.0. The number of anilines is 1. The van der Waals surface area contributed by atoms with Crippen molar-refractivity contribution in [1.82, 2.24) is 9.97 Å². The van der Waals surface area contributed by atoms with Crippen molar-refractivity contribution < 1.29 is 27.8 Å². The van der Waals surface area contributed by atoms with Crippen LogP contribution in [0.2, 0.25) is 0 Å². The van der Waals surface area contributed by atoms with Crippen molar-refractivity contribution >= 4 is 32.7 Å². The molecule has 0 saturated carbocycles. The summed E-state index contributed by atoms with van der Waals surface area (Å²) in [5.74, 6) is 0.0964. The Bertz CT molecular complexity index is 1350. The quantitative estimate of drug-likeness (QED) is 0.372. The summed E-state index contributed by atoms with van der Waals surface area (Å²) in [4.78, 5) is 18.3. The minimum atomic E-state index is -3.97. The van der Waals surface area contributed by atoms with Gasteiger partial charge in [0.25, 0.3) is 10.0 Å². The second kappa shape index (κ2) is 8.60. The van der Waals surface area contributed by atoms with E-state index < -0.39 is 22.6 Å². The number of hydrogen-bond donors (Lipinski definition) is 3. The number of hydrogen-bond acceptors (Lipinski definition) is 6. The van der Waals surface area contributed by atoms with E-state index in [1.807, 2.05) is 24.3 Å². The van der Waals surface area contributed by atoms with E-state index in [0.29, 0.717) is 17.1 Å². The zero-order valence-corrected chi connectivity index (χ0v) is 17.7. The van der Waals surface area contributed by atoms with Gasteiger partial charge >= 0.3 is 5.97 Å². The van der Waals surface area contributed by atoms with Gasteiger partial charge in [-0.2, -0.15) is 0 Å². The minimum Gasteiger partial charge on any atom is -0.497 e. The smallest absolute Gasteiger partial charge is 0.341 e. The normalized spacial score (nSPS) is 11.3. The highest BCUT2D eigenvalue weighted by Gasteiger charge is 2.19. The molecule has 0 bridgehead atoms. The number of ether oxygens (including phenoxy) is 2. The fraction of sp³-hybridized carbons (Fsp3) is 0.0909. The number of aromatic amines is 1. The molecule has 4 rings (SSSR count). The lowest BCUT2D eigenvalue weighted by Gasteiger charge is -2.13. The molecule has 3 N–H and O–H groups in total. The van der Waals surface area contributed by atoms with Crippen LogP contribution in [0.15, 0.2) is 71.6 Å². The molecule has 1 heterocycles. The van der Waals surface area contributed by atoms with Crippen molar-refractivity contribution in [2.45, 2.75) is 4.90 Å². The molecule has 164 valence electrons. The molecule has 9 nitrogen and oxygen atoms in total. The van der Waals surface area contributed by atoms with Crippen molar-refractivity contribution in [3.8, 4) is 22.9 Å². The predicted octanol–water partition coefficient (Wildman–Crippen LogP) is 3.50. The van der Waals surface area contributed by atoms with Crippen LogP contribution in [0.25, 0.3) is 22.4 Å². The van der Waals surface area contributed by atoms with Gasteiger partial charge in [0.05, 0.1) is 28.7 Å². The van der Waals surface area contributed by atoms with E-state index in [9.17, 15) is 13.2 Å². The Morgan fingerprint density at radius 2 is 1.78 bits per heavy atom. The fourth-order valence-electron chi connectivity index (χ4n) is 3.09. The maximum absolute atomic E-state index is 13.0. The van der Waals surface area contributed by atoms with E-state index >= 15 is 0 Å². The third-order valence-corrected chi connectivity index (χ3v) is 5.99. The molecule has 10 heteroatoms. The largest absolute Gasteiger partial charge is 0.497 e. The summed E-state index contributed by atoms with van der Waals surface area (Å²) in [6.07, 6.45) is 0. The van der Waals surface area contributed by atoms with E-state index in [4.69, 9.17) is 14.6 Å². The van der Waals surface area contributed by atoms with Gasteiger partial charge in [-0.15, -0.1) is 0 Å². The zero-order chi connectivity index (χ0) is 22.7. The summed E-state index contributed by atoms with van der Waals surface area (Å²) in [6, 6.07) is 18.0. The number of benzene rings is 3. The second-order valence-electron chi connectivity index (χ2n) is 6.77. The van der Waals surface area contributed by atoms with Gasteiger partial charge < -0.3 is 19.6 Å². The van der Waals surface area contributed by atoms with Crippen molar-refractivity contribution in [3.63, 3.8) is 0 Å². The molecular formula is C22H19N3O6S. The van der Waals surface area contributed by atoms with Gasteiger partial charge in [-0.05, 0) is 48.5 Å². The molecule has 0 saturated heterocycles. The molecule has 1 aromatic heterocycles. The average Bonchev–Trinajstić information content (AvgIpc) is 3.21. The van der Waals surface area contributed by atoms with E-state index in [1.54, 1.807) is 18.2 Å². The lowest BCUT2D eigenvalue weighted by molar-refractivity contribution is -0.139. The number of fused-ring (bicyclic) bond motifs is 1. The molecule has 0 unspecified atom stereocenters. The van der Waals surface area contributed by atoms with Crippen LogP contribution in [-0.4, -0.2) is 43.2 Å². The molecular weight excluding hydrogens is 434 g/mol. The maximum Gasteiger partial charge on any atom is 0.341 e. The van der Waals surface area contributed by atoms with Crippen molar-refractivity contribution in [2.75, 3.05) is 18.4 Å². The first-order chi connectivity index (χ1) is 15.4. The van der Waals surface area contributed by atoms with E-state index in [1.165, 1.54) is 31.4 Å². The summed E-state index contributed by atoms with van der Waals surface area (Å²) in [5, 5.41) is 8.68. The number of carbonyl (C=O) groups is 1. The highest BCUT2D eigenvalue weighted by molar-refractivity contribution is 7.92. The number of imidazole rings is 1. The number of carboxylic acid groups (broad SMARTS) is 1. The summed E-state index contributed by atoms with van der Waals surface area (Å²) in [6.45, 7) is -0.519. The van der Waals surface area contributed by atoms with Crippen LogP contribution in [-0.2, 0) is 14.8 Å². The molecule has 0 fully saturated rings. The van der Waals surface area contributed by atoms with Gasteiger partial charge in [0.1, 0.15) is 17.3 Å². The topological polar surface area (TPSA) is 131 Å². The third kappa shape index (κ3) is 4.49. The number of carboxylic acids is 1. The molecule has 4 aromatic rings. The van der Waals surface area contributed by atoms with Gasteiger partial charge in [-0.1, -0.05) is 12.1 Å². The lowest BCUT2D eigenvalue weighted by atomic mass is 10.1. The van der Waals surface area contributed by atoms with Crippen LogP contribution >= 0.6 is 0 Å². The molecule has 0 aliphatic heterocycles.